The Hall–Kier alpha value is -0.820. The number of rotatable bonds is 3. The third-order valence-corrected chi connectivity index (χ3v) is 3.03. The molecule has 1 aromatic rings. The molecule has 1 N–H and O–H groups in total. The first-order valence-corrected chi connectivity index (χ1v) is 5.68. The van der Waals surface area contributed by atoms with Crippen LogP contribution < -0.4 is 0 Å². The van der Waals surface area contributed by atoms with Crippen molar-refractivity contribution < 1.29 is 5.11 Å². The zero-order valence-electron chi connectivity index (χ0n) is 10.4. The topological polar surface area (TPSA) is 20.2 Å². The van der Waals surface area contributed by atoms with E-state index in [1.165, 1.54) is 16.7 Å². The minimum absolute atomic E-state index is 0.241. The van der Waals surface area contributed by atoms with E-state index in [9.17, 15) is 5.11 Å². The summed E-state index contributed by atoms with van der Waals surface area (Å²) in [5, 5.41) is 9.85. The summed E-state index contributed by atoms with van der Waals surface area (Å²) >= 11 is 0. The van der Waals surface area contributed by atoms with Crippen molar-refractivity contribution in [3.8, 4) is 0 Å². The van der Waals surface area contributed by atoms with Crippen LogP contribution in [0.3, 0.4) is 0 Å². The fraction of sp³-hybridized carbons (Fsp3) is 0.571. The van der Waals surface area contributed by atoms with Crippen LogP contribution in [0.15, 0.2) is 18.2 Å². The molecule has 15 heavy (non-hydrogen) atoms. The lowest BCUT2D eigenvalue weighted by Crippen LogP contribution is -2.21. The summed E-state index contributed by atoms with van der Waals surface area (Å²) in [7, 11) is 0. The lowest BCUT2D eigenvalue weighted by Gasteiger charge is -2.26. The van der Waals surface area contributed by atoms with Crippen molar-refractivity contribution in [3.63, 3.8) is 0 Å². The highest BCUT2D eigenvalue weighted by Gasteiger charge is 2.22. The van der Waals surface area contributed by atoms with E-state index in [-0.39, 0.29) is 12.0 Å². The lowest BCUT2D eigenvalue weighted by atomic mass is 9.82. The Morgan fingerprint density at radius 2 is 1.67 bits per heavy atom. The van der Waals surface area contributed by atoms with Crippen LogP contribution in [0, 0.1) is 19.8 Å². The molecule has 84 valence electrons. The highest BCUT2D eigenvalue weighted by Crippen LogP contribution is 2.30. The van der Waals surface area contributed by atoms with Gasteiger partial charge in [-0.1, -0.05) is 37.6 Å². The molecule has 1 aromatic carbocycles. The van der Waals surface area contributed by atoms with Gasteiger partial charge in [0.15, 0.2) is 0 Å². The highest BCUT2D eigenvalue weighted by atomic mass is 16.3. The summed E-state index contributed by atoms with van der Waals surface area (Å²) in [5.74, 6) is 0.704. The molecule has 0 heterocycles. The molecular formula is C14H22O. The molecule has 0 aliphatic carbocycles. The summed E-state index contributed by atoms with van der Waals surface area (Å²) in [6.07, 6.45) is -0.287. The SMILES string of the molecule is Cc1ccc(C)c(C(C(C)C)C(C)O)c1. The first-order valence-electron chi connectivity index (χ1n) is 5.68. The summed E-state index contributed by atoms with van der Waals surface area (Å²) in [5.41, 5.74) is 3.84. The van der Waals surface area contributed by atoms with Crippen LogP contribution in [0.2, 0.25) is 0 Å². The Labute approximate surface area is 93.1 Å². The average Bonchev–Trinajstić information content (AvgIpc) is 2.10. The van der Waals surface area contributed by atoms with Gasteiger partial charge < -0.3 is 5.11 Å². The lowest BCUT2D eigenvalue weighted by molar-refractivity contribution is 0.140. The molecule has 2 atom stereocenters. The molecular weight excluding hydrogens is 184 g/mol. The van der Waals surface area contributed by atoms with Gasteiger partial charge in [0.1, 0.15) is 0 Å². The molecule has 0 saturated carbocycles. The molecule has 0 saturated heterocycles. The van der Waals surface area contributed by atoms with E-state index >= 15 is 0 Å². The first kappa shape index (κ1) is 12.3. The quantitative estimate of drug-likeness (QED) is 0.803. The molecule has 2 unspecified atom stereocenters. The number of benzene rings is 1. The van der Waals surface area contributed by atoms with Gasteiger partial charge in [0.25, 0.3) is 0 Å². The Kier molecular flexibility index (Phi) is 3.92. The highest BCUT2D eigenvalue weighted by molar-refractivity contribution is 5.34. The molecule has 0 radical (unpaired) electrons. The molecule has 0 aromatic heterocycles. The van der Waals surface area contributed by atoms with E-state index in [0.717, 1.165) is 0 Å². The third-order valence-electron chi connectivity index (χ3n) is 3.03. The van der Waals surface area contributed by atoms with Crippen LogP contribution in [0.25, 0.3) is 0 Å². The van der Waals surface area contributed by atoms with Crippen molar-refractivity contribution in [2.75, 3.05) is 0 Å². The van der Waals surface area contributed by atoms with Crippen LogP contribution in [0.5, 0.6) is 0 Å². The maximum Gasteiger partial charge on any atom is 0.0583 e. The second-order valence-corrected chi connectivity index (χ2v) is 4.87. The maximum absolute atomic E-state index is 9.85. The number of aliphatic hydroxyl groups excluding tert-OH is 1. The summed E-state index contributed by atoms with van der Waals surface area (Å²) in [6.45, 7) is 10.4. The van der Waals surface area contributed by atoms with E-state index < -0.39 is 0 Å². The van der Waals surface area contributed by atoms with Crippen molar-refractivity contribution >= 4 is 0 Å². The number of hydrogen-bond acceptors (Lipinski definition) is 1. The van der Waals surface area contributed by atoms with Gasteiger partial charge in [-0.25, -0.2) is 0 Å². The molecule has 0 amide bonds. The van der Waals surface area contributed by atoms with Gasteiger partial charge in [0.05, 0.1) is 6.10 Å². The average molecular weight is 206 g/mol. The predicted octanol–water partition coefficient (Wildman–Crippen LogP) is 3.42. The van der Waals surface area contributed by atoms with Crippen molar-refractivity contribution in [3.05, 3.63) is 34.9 Å². The second kappa shape index (κ2) is 4.80. The standard InChI is InChI=1S/C14H22O/c1-9(2)14(12(5)15)13-8-10(3)6-7-11(13)4/h6-9,12,14-15H,1-5H3. The second-order valence-electron chi connectivity index (χ2n) is 4.87. The fourth-order valence-corrected chi connectivity index (χ4v) is 2.30. The van der Waals surface area contributed by atoms with Crippen LogP contribution >= 0.6 is 0 Å². The molecule has 0 spiro atoms. The van der Waals surface area contributed by atoms with Crippen LogP contribution in [-0.4, -0.2) is 11.2 Å². The van der Waals surface area contributed by atoms with Gasteiger partial charge in [-0.15, -0.1) is 0 Å². The molecule has 0 aliphatic heterocycles. The summed E-state index contributed by atoms with van der Waals surface area (Å²) in [6, 6.07) is 6.47. The van der Waals surface area contributed by atoms with Crippen molar-refractivity contribution in [2.45, 2.75) is 46.6 Å². The van der Waals surface area contributed by atoms with E-state index in [0.29, 0.717) is 5.92 Å². The zero-order chi connectivity index (χ0) is 11.6. The van der Waals surface area contributed by atoms with Crippen LogP contribution in [0.1, 0.15) is 43.4 Å². The molecule has 1 nitrogen and oxygen atoms in total. The summed E-state index contributed by atoms with van der Waals surface area (Å²) < 4.78 is 0. The predicted molar refractivity (Wildman–Crippen MR) is 65.2 cm³/mol. The Bertz CT molecular complexity index is 318. The minimum atomic E-state index is -0.287. The third kappa shape index (κ3) is 2.82. The van der Waals surface area contributed by atoms with E-state index in [2.05, 4.69) is 45.9 Å². The van der Waals surface area contributed by atoms with Crippen molar-refractivity contribution in [2.24, 2.45) is 5.92 Å². The van der Waals surface area contributed by atoms with Gasteiger partial charge in [-0.3, -0.25) is 0 Å². The monoisotopic (exact) mass is 206 g/mol. The minimum Gasteiger partial charge on any atom is -0.393 e. The van der Waals surface area contributed by atoms with Gasteiger partial charge in [0, 0.05) is 5.92 Å². The molecule has 1 heteroatoms. The van der Waals surface area contributed by atoms with Gasteiger partial charge >= 0.3 is 0 Å². The van der Waals surface area contributed by atoms with Crippen LogP contribution in [-0.2, 0) is 0 Å². The van der Waals surface area contributed by atoms with Gasteiger partial charge in [-0.2, -0.15) is 0 Å². The number of aliphatic hydroxyl groups is 1. The Morgan fingerprint density at radius 3 is 2.13 bits per heavy atom. The van der Waals surface area contributed by atoms with Crippen LogP contribution in [0.4, 0.5) is 0 Å². The molecule has 1 rings (SSSR count). The normalized spacial score (nSPS) is 15.4. The summed E-state index contributed by atoms with van der Waals surface area (Å²) in [4.78, 5) is 0. The molecule has 0 fully saturated rings. The van der Waals surface area contributed by atoms with E-state index in [1.807, 2.05) is 6.92 Å². The number of aryl methyl sites for hydroxylation is 2. The smallest absolute Gasteiger partial charge is 0.0583 e. The van der Waals surface area contributed by atoms with E-state index in [4.69, 9.17) is 0 Å². The maximum atomic E-state index is 9.85. The number of hydrogen-bond donors (Lipinski definition) is 1. The van der Waals surface area contributed by atoms with Crippen molar-refractivity contribution in [1.82, 2.24) is 0 Å². The first-order chi connectivity index (χ1) is 6.93. The zero-order valence-corrected chi connectivity index (χ0v) is 10.4. The van der Waals surface area contributed by atoms with E-state index in [1.54, 1.807) is 0 Å². The largest absolute Gasteiger partial charge is 0.393 e. The Morgan fingerprint density at radius 1 is 1.07 bits per heavy atom. The molecule has 0 bridgehead atoms. The van der Waals surface area contributed by atoms with Gasteiger partial charge in [-0.05, 0) is 37.8 Å². The fourth-order valence-electron chi connectivity index (χ4n) is 2.30. The molecule has 0 aliphatic rings. The Balaban J connectivity index is 3.16. The van der Waals surface area contributed by atoms with Crippen molar-refractivity contribution in [1.29, 1.82) is 0 Å². The van der Waals surface area contributed by atoms with Gasteiger partial charge in [0.2, 0.25) is 0 Å².